The Morgan fingerprint density at radius 3 is 2.85 bits per heavy atom. The highest BCUT2D eigenvalue weighted by Crippen LogP contribution is 2.37. The topological polar surface area (TPSA) is 95.7 Å². The van der Waals surface area contributed by atoms with E-state index in [0.29, 0.717) is 19.5 Å². The Morgan fingerprint density at radius 2 is 2.19 bits per heavy atom. The maximum atomic E-state index is 13.0. The summed E-state index contributed by atoms with van der Waals surface area (Å²) in [6, 6.07) is 7.71. The van der Waals surface area contributed by atoms with Crippen molar-refractivity contribution in [3.05, 3.63) is 35.4 Å². The highest BCUT2D eigenvalue weighted by atomic mass is 16.5. The predicted molar refractivity (Wildman–Crippen MR) is 101 cm³/mol. The number of hydrogen-bond acceptors (Lipinski definition) is 4. The molecule has 0 spiro atoms. The fourth-order valence-electron chi connectivity index (χ4n) is 3.72. The molecule has 2 atom stereocenters. The first-order valence-electron chi connectivity index (χ1n) is 9.42. The molecule has 144 valence electrons. The molecule has 1 heterocycles. The van der Waals surface area contributed by atoms with Gasteiger partial charge in [0.05, 0.1) is 0 Å². The summed E-state index contributed by atoms with van der Waals surface area (Å²) in [6.45, 7) is 5.14. The Hall–Kier alpha value is -1.92. The molecular formula is C20H31N3O3. The van der Waals surface area contributed by atoms with Crippen LogP contribution in [0.3, 0.4) is 0 Å². The lowest BCUT2D eigenvalue weighted by Gasteiger charge is -2.29. The molecule has 0 aliphatic carbocycles. The third kappa shape index (κ3) is 4.83. The van der Waals surface area contributed by atoms with Crippen LogP contribution in [0.4, 0.5) is 0 Å². The maximum absolute atomic E-state index is 13.0. The van der Waals surface area contributed by atoms with E-state index in [1.54, 1.807) is 10.4 Å². The van der Waals surface area contributed by atoms with Crippen molar-refractivity contribution in [2.24, 2.45) is 11.1 Å². The SMILES string of the molecule is Cc1cccc(CCC2(C)CCN([C@H](CCCCN)C(=O)NO)C2=O)c1. The lowest BCUT2D eigenvalue weighted by Crippen LogP contribution is -2.48. The van der Waals surface area contributed by atoms with Gasteiger partial charge in [0.15, 0.2) is 0 Å². The molecule has 4 N–H and O–H groups in total. The molecule has 0 radical (unpaired) electrons. The Morgan fingerprint density at radius 1 is 1.42 bits per heavy atom. The van der Waals surface area contributed by atoms with Crippen molar-refractivity contribution in [3.8, 4) is 0 Å². The molecule has 2 amide bonds. The van der Waals surface area contributed by atoms with Crippen LogP contribution in [0.5, 0.6) is 0 Å². The van der Waals surface area contributed by atoms with Gasteiger partial charge >= 0.3 is 0 Å². The zero-order valence-corrected chi connectivity index (χ0v) is 15.8. The predicted octanol–water partition coefficient (Wildman–Crippen LogP) is 2.17. The number of nitrogens with two attached hydrogens (primary N) is 1. The second-order valence-electron chi connectivity index (χ2n) is 7.57. The average molecular weight is 361 g/mol. The number of amides is 2. The van der Waals surface area contributed by atoms with E-state index in [-0.39, 0.29) is 5.91 Å². The van der Waals surface area contributed by atoms with Crippen molar-refractivity contribution in [1.29, 1.82) is 0 Å². The molecular weight excluding hydrogens is 330 g/mol. The first-order chi connectivity index (χ1) is 12.4. The van der Waals surface area contributed by atoms with E-state index in [9.17, 15) is 9.59 Å². The summed E-state index contributed by atoms with van der Waals surface area (Å²) >= 11 is 0. The van der Waals surface area contributed by atoms with Crippen LogP contribution in [-0.2, 0) is 16.0 Å². The molecule has 0 saturated carbocycles. The molecule has 1 fully saturated rings. The second-order valence-corrected chi connectivity index (χ2v) is 7.57. The number of aryl methyl sites for hydroxylation is 2. The van der Waals surface area contributed by atoms with Crippen LogP contribution in [0.1, 0.15) is 50.2 Å². The quantitative estimate of drug-likeness (QED) is 0.357. The first kappa shape index (κ1) is 20.4. The number of likely N-dealkylation sites (tertiary alicyclic amines) is 1. The van der Waals surface area contributed by atoms with Crippen molar-refractivity contribution in [2.75, 3.05) is 13.1 Å². The minimum absolute atomic E-state index is 0.00602. The van der Waals surface area contributed by atoms with Gasteiger partial charge in [-0.2, -0.15) is 0 Å². The number of rotatable bonds is 9. The van der Waals surface area contributed by atoms with Crippen LogP contribution in [0, 0.1) is 12.3 Å². The normalized spacial score (nSPS) is 21.1. The molecule has 2 rings (SSSR count). The number of benzene rings is 1. The van der Waals surface area contributed by atoms with Crippen LogP contribution in [0.25, 0.3) is 0 Å². The van der Waals surface area contributed by atoms with Gasteiger partial charge < -0.3 is 10.6 Å². The Kier molecular flexibility index (Phi) is 7.17. The summed E-state index contributed by atoms with van der Waals surface area (Å²) < 4.78 is 0. The van der Waals surface area contributed by atoms with Gasteiger partial charge in [-0.3, -0.25) is 14.8 Å². The standard InChI is InChI=1S/C20H31N3O3/c1-15-6-5-7-16(14-15)9-10-20(2)11-13-23(19(20)25)17(18(24)22-26)8-3-4-12-21/h5-7,14,17,26H,3-4,8-13,21H2,1-2H3,(H,22,24)/t17-,20?/m1/s1. The number of hydroxylamine groups is 1. The Balaban J connectivity index is 2.04. The van der Waals surface area contributed by atoms with Crippen LogP contribution < -0.4 is 11.2 Å². The van der Waals surface area contributed by atoms with Gasteiger partial charge in [0, 0.05) is 12.0 Å². The molecule has 26 heavy (non-hydrogen) atoms. The van der Waals surface area contributed by atoms with E-state index in [1.165, 1.54) is 11.1 Å². The molecule has 1 saturated heterocycles. The van der Waals surface area contributed by atoms with Crippen LogP contribution in [-0.4, -0.2) is 41.1 Å². The molecule has 6 heteroatoms. The van der Waals surface area contributed by atoms with Crippen molar-refractivity contribution in [1.82, 2.24) is 10.4 Å². The van der Waals surface area contributed by atoms with Gasteiger partial charge in [0.25, 0.3) is 5.91 Å². The van der Waals surface area contributed by atoms with Gasteiger partial charge in [0.2, 0.25) is 5.91 Å². The number of nitrogens with one attached hydrogen (secondary N) is 1. The number of nitrogens with zero attached hydrogens (tertiary/aromatic N) is 1. The maximum Gasteiger partial charge on any atom is 0.266 e. The Bertz CT molecular complexity index is 634. The monoisotopic (exact) mass is 361 g/mol. The first-order valence-corrected chi connectivity index (χ1v) is 9.42. The van der Waals surface area contributed by atoms with Crippen molar-refractivity contribution in [2.45, 2.75) is 58.4 Å². The fourth-order valence-corrected chi connectivity index (χ4v) is 3.72. The van der Waals surface area contributed by atoms with Gasteiger partial charge in [-0.05, 0) is 57.6 Å². The van der Waals surface area contributed by atoms with Gasteiger partial charge in [-0.1, -0.05) is 36.8 Å². The molecule has 1 aromatic carbocycles. The summed E-state index contributed by atoms with van der Waals surface area (Å²) in [4.78, 5) is 26.8. The molecule has 0 aromatic heterocycles. The molecule has 0 bridgehead atoms. The number of carbonyl (C=O) groups is 2. The minimum Gasteiger partial charge on any atom is -0.330 e. The molecule has 1 aliphatic heterocycles. The summed E-state index contributed by atoms with van der Waals surface area (Å²) in [5.74, 6) is -0.509. The van der Waals surface area contributed by atoms with Crippen molar-refractivity contribution >= 4 is 11.8 Å². The molecule has 1 aliphatic rings. The summed E-state index contributed by atoms with van der Waals surface area (Å²) in [7, 11) is 0. The zero-order chi connectivity index (χ0) is 19.2. The summed E-state index contributed by atoms with van der Waals surface area (Å²) in [5, 5.41) is 9.05. The number of unbranched alkanes of at least 4 members (excludes halogenated alkanes) is 1. The van der Waals surface area contributed by atoms with E-state index >= 15 is 0 Å². The molecule has 1 unspecified atom stereocenters. The smallest absolute Gasteiger partial charge is 0.266 e. The summed E-state index contributed by atoms with van der Waals surface area (Å²) in [5.41, 5.74) is 9.21. The summed E-state index contributed by atoms with van der Waals surface area (Å²) in [6.07, 6.45) is 4.37. The lowest BCUT2D eigenvalue weighted by molar-refractivity contribution is -0.146. The van der Waals surface area contributed by atoms with Crippen molar-refractivity contribution < 1.29 is 14.8 Å². The van der Waals surface area contributed by atoms with E-state index in [2.05, 4.69) is 25.1 Å². The zero-order valence-electron chi connectivity index (χ0n) is 15.8. The second kappa shape index (κ2) is 9.14. The van der Waals surface area contributed by atoms with Crippen LogP contribution >= 0.6 is 0 Å². The highest BCUT2D eigenvalue weighted by molar-refractivity contribution is 5.91. The molecule has 6 nitrogen and oxygen atoms in total. The number of carbonyl (C=O) groups excluding carboxylic acids is 2. The third-order valence-electron chi connectivity index (χ3n) is 5.45. The van der Waals surface area contributed by atoms with E-state index in [1.807, 2.05) is 13.0 Å². The lowest BCUT2D eigenvalue weighted by atomic mass is 9.82. The molecule has 1 aromatic rings. The highest BCUT2D eigenvalue weighted by Gasteiger charge is 2.46. The van der Waals surface area contributed by atoms with Crippen LogP contribution in [0.2, 0.25) is 0 Å². The fraction of sp³-hybridized carbons (Fsp3) is 0.600. The number of hydrogen-bond donors (Lipinski definition) is 3. The third-order valence-corrected chi connectivity index (χ3v) is 5.45. The largest absolute Gasteiger partial charge is 0.330 e. The van der Waals surface area contributed by atoms with E-state index in [4.69, 9.17) is 10.9 Å². The van der Waals surface area contributed by atoms with E-state index < -0.39 is 17.4 Å². The Labute approximate surface area is 155 Å². The van der Waals surface area contributed by atoms with Gasteiger partial charge in [0.1, 0.15) is 6.04 Å². The minimum atomic E-state index is -0.625. The average Bonchev–Trinajstić information content (AvgIpc) is 2.92. The van der Waals surface area contributed by atoms with E-state index in [0.717, 1.165) is 32.1 Å². The van der Waals surface area contributed by atoms with Crippen molar-refractivity contribution in [3.63, 3.8) is 0 Å². The van der Waals surface area contributed by atoms with Crippen LogP contribution in [0.15, 0.2) is 24.3 Å². The van der Waals surface area contributed by atoms with Gasteiger partial charge in [-0.15, -0.1) is 0 Å². The van der Waals surface area contributed by atoms with Gasteiger partial charge in [-0.25, -0.2) is 5.48 Å².